The van der Waals surface area contributed by atoms with Crippen LogP contribution in [-0.2, 0) is 6.54 Å². The molecule has 6 heteroatoms. The second-order valence-electron chi connectivity index (χ2n) is 4.87. The van der Waals surface area contributed by atoms with Gasteiger partial charge in [-0.15, -0.1) is 0 Å². The molecule has 1 heterocycles. The molecule has 0 saturated carbocycles. The topological polar surface area (TPSA) is 36.4 Å². The van der Waals surface area contributed by atoms with E-state index in [-0.39, 0.29) is 12.1 Å². The van der Waals surface area contributed by atoms with Crippen LogP contribution in [0.25, 0.3) is 0 Å². The number of hydrogen-bond acceptors (Lipinski definition) is 3. The monoisotopic (exact) mass is 312 g/mol. The molecule has 2 rings (SSSR count). The largest absolute Gasteiger partial charge is 0.387 e. The maximum atomic E-state index is 13.6. The number of rotatable bonds is 5. The Bertz CT molecular complexity index is 607. The van der Waals surface area contributed by atoms with Crippen LogP contribution < -0.4 is 0 Å². The van der Waals surface area contributed by atoms with E-state index in [1.807, 2.05) is 6.07 Å². The molecule has 1 atom stereocenters. The second-order valence-corrected chi connectivity index (χ2v) is 5.25. The number of halogens is 3. The molecule has 0 amide bonds. The maximum Gasteiger partial charge on any atom is 0.129 e. The molecule has 1 aromatic carbocycles. The Morgan fingerprint density at radius 3 is 2.71 bits per heavy atom. The summed E-state index contributed by atoms with van der Waals surface area (Å²) >= 11 is 5.70. The number of aromatic nitrogens is 1. The van der Waals surface area contributed by atoms with Crippen molar-refractivity contribution in [1.29, 1.82) is 0 Å². The maximum absolute atomic E-state index is 13.6. The first-order valence-electron chi connectivity index (χ1n) is 6.37. The van der Waals surface area contributed by atoms with Crippen molar-refractivity contribution >= 4 is 11.6 Å². The number of likely N-dealkylation sites (N-methyl/N-ethyl adjacent to an activating group) is 1. The van der Waals surface area contributed by atoms with Crippen molar-refractivity contribution < 1.29 is 13.9 Å². The van der Waals surface area contributed by atoms with E-state index in [0.29, 0.717) is 11.7 Å². The standard InChI is InChI=1S/C15H15ClF2N2O/c1-20(8-10-2-5-15(16)19-7-10)9-14(21)12-6-11(17)3-4-13(12)18/h2-7,14,21H,8-9H2,1H3. The average Bonchev–Trinajstić information content (AvgIpc) is 2.44. The number of aliphatic hydroxyl groups excluding tert-OH is 1. The fourth-order valence-electron chi connectivity index (χ4n) is 2.04. The number of nitrogens with zero attached hydrogens (tertiary/aromatic N) is 2. The lowest BCUT2D eigenvalue weighted by molar-refractivity contribution is 0.120. The highest BCUT2D eigenvalue weighted by atomic mass is 35.5. The van der Waals surface area contributed by atoms with Gasteiger partial charge in [0.25, 0.3) is 0 Å². The molecule has 0 fully saturated rings. The fourth-order valence-corrected chi connectivity index (χ4v) is 2.15. The third-order valence-electron chi connectivity index (χ3n) is 3.04. The van der Waals surface area contributed by atoms with Crippen LogP contribution in [0.5, 0.6) is 0 Å². The molecule has 0 radical (unpaired) electrons. The van der Waals surface area contributed by atoms with E-state index in [4.69, 9.17) is 11.6 Å². The van der Waals surface area contributed by atoms with Crippen LogP contribution in [0.4, 0.5) is 8.78 Å². The van der Waals surface area contributed by atoms with Crippen LogP contribution in [0.1, 0.15) is 17.2 Å². The highest BCUT2D eigenvalue weighted by molar-refractivity contribution is 6.29. The highest BCUT2D eigenvalue weighted by Crippen LogP contribution is 2.19. The molecule has 0 aliphatic carbocycles. The van der Waals surface area contributed by atoms with Crippen LogP contribution in [0.3, 0.4) is 0 Å². The van der Waals surface area contributed by atoms with Gasteiger partial charge < -0.3 is 5.11 Å². The van der Waals surface area contributed by atoms with Crippen molar-refractivity contribution in [2.45, 2.75) is 12.6 Å². The van der Waals surface area contributed by atoms with E-state index in [0.717, 1.165) is 23.8 Å². The number of hydrogen-bond donors (Lipinski definition) is 1. The van der Waals surface area contributed by atoms with Gasteiger partial charge in [0, 0.05) is 24.8 Å². The molecule has 0 spiro atoms. The minimum absolute atomic E-state index is 0.0453. The summed E-state index contributed by atoms with van der Waals surface area (Å²) < 4.78 is 26.7. The zero-order chi connectivity index (χ0) is 15.4. The van der Waals surface area contributed by atoms with Crippen LogP contribution in [-0.4, -0.2) is 28.6 Å². The summed E-state index contributed by atoms with van der Waals surface area (Å²) in [5.74, 6) is -1.19. The van der Waals surface area contributed by atoms with Crippen molar-refractivity contribution in [2.75, 3.05) is 13.6 Å². The second kappa shape index (κ2) is 6.93. The zero-order valence-electron chi connectivity index (χ0n) is 11.4. The summed E-state index contributed by atoms with van der Waals surface area (Å²) in [5.41, 5.74) is 0.866. The predicted molar refractivity (Wildman–Crippen MR) is 76.9 cm³/mol. The number of pyridine rings is 1. The van der Waals surface area contributed by atoms with E-state index in [1.165, 1.54) is 0 Å². The van der Waals surface area contributed by atoms with E-state index < -0.39 is 17.7 Å². The summed E-state index contributed by atoms with van der Waals surface area (Å²) in [6.07, 6.45) is 0.527. The summed E-state index contributed by atoms with van der Waals surface area (Å²) in [5, 5.41) is 10.4. The van der Waals surface area contributed by atoms with E-state index in [9.17, 15) is 13.9 Å². The zero-order valence-corrected chi connectivity index (χ0v) is 12.2. The Balaban J connectivity index is 2.00. The summed E-state index contributed by atoms with van der Waals surface area (Å²) in [4.78, 5) is 5.75. The van der Waals surface area contributed by atoms with Gasteiger partial charge in [0.05, 0.1) is 6.10 Å². The average molecular weight is 313 g/mol. The molecule has 1 aromatic heterocycles. The Morgan fingerprint density at radius 1 is 1.29 bits per heavy atom. The van der Waals surface area contributed by atoms with Crippen molar-refractivity contribution in [3.8, 4) is 0 Å². The van der Waals surface area contributed by atoms with E-state index in [1.54, 1.807) is 24.2 Å². The molecular formula is C15H15ClF2N2O. The Morgan fingerprint density at radius 2 is 2.05 bits per heavy atom. The van der Waals surface area contributed by atoms with Gasteiger partial charge in [0.2, 0.25) is 0 Å². The molecular weight excluding hydrogens is 298 g/mol. The van der Waals surface area contributed by atoms with Crippen LogP contribution in [0, 0.1) is 11.6 Å². The molecule has 2 aromatic rings. The molecule has 0 saturated heterocycles. The molecule has 1 N–H and O–H groups in total. The molecule has 0 aliphatic rings. The number of aliphatic hydroxyl groups is 1. The van der Waals surface area contributed by atoms with E-state index >= 15 is 0 Å². The third-order valence-corrected chi connectivity index (χ3v) is 3.27. The Kier molecular flexibility index (Phi) is 5.22. The Hall–Kier alpha value is -1.56. The van der Waals surface area contributed by atoms with Crippen molar-refractivity contribution in [3.63, 3.8) is 0 Å². The van der Waals surface area contributed by atoms with Gasteiger partial charge in [-0.05, 0) is 36.9 Å². The van der Waals surface area contributed by atoms with Gasteiger partial charge >= 0.3 is 0 Å². The molecule has 21 heavy (non-hydrogen) atoms. The molecule has 3 nitrogen and oxygen atoms in total. The van der Waals surface area contributed by atoms with Gasteiger partial charge in [-0.3, -0.25) is 4.90 Å². The van der Waals surface area contributed by atoms with Crippen molar-refractivity contribution in [1.82, 2.24) is 9.88 Å². The lowest BCUT2D eigenvalue weighted by Gasteiger charge is -2.21. The third kappa shape index (κ3) is 4.46. The molecule has 1 unspecified atom stereocenters. The lowest BCUT2D eigenvalue weighted by atomic mass is 10.1. The SMILES string of the molecule is CN(Cc1ccc(Cl)nc1)CC(O)c1cc(F)ccc1F. The first kappa shape index (κ1) is 15.8. The van der Waals surface area contributed by atoms with Gasteiger partial charge in [0.15, 0.2) is 0 Å². The Labute approximate surface area is 126 Å². The minimum Gasteiger partial charge on any atom is -0.387 e. The summed E-state index contributed by atoms with van der Waals surface area (Å²) in [6, 6.07) is 6.54. The van der Waals surface area contributed by atoms with Crippen molar-refractivity contribution in [3.05, 3.63) is 64.4 Å². The first-order chi connectivity index (χ1) is 9.95. The predicted octanol–water partition coefficient (Wildman–Crippen LogP) is 3.18. The van der Waals surface area contributed by atoms with Gasteiger partial charge in [0.1, 0.15) is 16.8 Å². The smallest absolute Gasteiger partial charge is 0.129 e. The van der Waals surface area contributed by atoms with Crippen LogP contribution in [0.2, 0.25) is 5.15 Å². The van der Waals surface area contributed by atoms with E-state index in [2.05, 4.69) is 4.98 Å². The molecule has 112 valence electrons. The lowest BCUT2D eigenvalue weighted by Crippen LogP contribution is -2.24. The van der Waals surface area contributed by atoms with Crippen LogP contribution in [0.15, 0.2) is 36.5 Å². The fraction of sp³-hybridized carbons (Fsp3) is 0.267. The number of benzene rings is 1. The highest BCUT2D eigenvalue weighted by Gasteiger charge is 2.16. The van der Waals surface area contributed by atoms with Gasteiger partial charge in [-0.1, -0.05) is 17.7 Å². The quantitative estimate of drug-likeness (QED) is 0.862. The summed E-state index contributed by atoms with van der Waals surface area (Å²) in [7, 11) is 1.77. The normalized spacial score (nSPS) is 12.7. The van der Waals surface area contributed by atoms with Gasteiger partial charge in [-0.2, -0.15) is 0 Å². The molecule has 0 aliphatic heterocycles. The molecule has 0 bridgehead atoms. The summed E-state index contributed by atoms with van der Waals surface area (Å²) in [6.45, 7) is 0.682. The van der Waals surface area contributed by atoms with Crippen LogP contribution >= 0.6 is 11.6 Å². The first-order valence-corrected chi connectivity index (χ1v) is 6.75. The minimum atomic E-state index is -1.11. The van der Waals surface area contributed by atoms with Gasteiger partial charge in [-0.25, -0.2) is 13.8 Å². The van der Waals surface area contributed by atoms with Crippen molar-refractivity contribution in [2.24, 2.45) is 0 Å².